The van der Waals surface area contributed by atoms with Crippen LogP contribution in [0.15, 0.2) is 24.3 Å². The third kappa shape index (κ3) is 1.93. The van der Waals surface area contributed by atoms with E-state index in [9.17, 15) is 5.11 Å². The SMILES string of the molecule is Cc1ccc([C@H](C)[C@@H]2C[C@@]2(C)CO)cc1. The molecule has 0 heterocycles. The van der Waals surface area contributed by atoms with E-state index in [4.69, 9.17) is 0 Å². The van der Waals surface area contributed by atoms with Gasteiger partial charge in [0.05, 0.1) is 0 Å². The number of hydrogen-bond acceptors (Lipinski definition) is 1. The molecule has 1 fully saturated rings. The molecule has 0 unspecified atom stereocenters. The lowest BCUT2D eigenvalue weighted by atomic mass is 9.91. The van der Waals surface area contributed by atoms with Gasteiger partial charge in [0.25, 0.3) is 0 Å². The van der Waals surface area contributed by atoms with Crippen LogP contribution in [0.5, 0.6) is 0 Å². The Labute approximate surface area is 92.1 Å². The van der Waals surface area contributed by atoms with E-state index in [0.717, 1.165) is 0 Å². The Balaban J connectivity index is 2.10. The maximum absolute atomic E-state index is 9.28. The van der Waals surface area contributed by atoms with Crippen LogP contribution in [0, 0.1) is 18.3 Å². The van der Waals surface area contributed by atoms with E-state index in [0.29, 0.717) is 18.4 Å². The van der Waals surface area contributed by atoms with Crippen molar-refractivity contribution in [2.75, 3.05) is 6.61 Å². The van der Waals surface area contributed by atoms with Crippen molar-refractivity contribution in [3.63, 3.8) is 0 Å². The predicted molar refractivity (Wildman–Crippen MR) is 62.9 cm³/mol. The molecule has 0 spiro atoms. The molecule has 1 heteroatoms. The minimum atomic E-state index is 0.185. The lowest BCUT2D eigenvalue weighted by Gasteiger charge is -2.15. The Kier molecular flexibility index (Phi) is 2.59. The predicted octanol–water partition coefficient (Wildman–Crippen LogP) is 3.12. The molecule has 0 saturated heterocycles. The summed E-state index contributed by atoms with van der Waals surface area (Å²) in [7, 11) is 0. The van der Waals surface area contributed by atoms with Gasteiger partial charge in [-0.25, -0.2) is 0 Å². The van der Waals surface area contributed by atoms with Gasteiger partial charge in [0.2, 0.25) is 0 Å². The molecular weight excluding hydrogens is 184 g/mol. The molecular formula is C14H20O. The zero-order valence-electron chi connectivity index (χ0n) is 9.83. The van der Waals surface area contributed by atoms with E-state index in [1.807, 2.05) is 0 Å². The lowest BCUT2D eigenvalue weighted by molar-refractivity contribution is 0.207. The number of aryl methyl sites for hydroxylation is 1. The lowest BCUT2D eigenvalue weighted by Crippen LogP contribution is -2.08. The third-order valence-electron chi connectivity index (χ3n) is 3.99. The molecule has 3 atom stereocenters. The Morgan fingerprint density at radius 3 is 2.47 bits per heavy atom. The van der Waals surface area contributed by atoms with E-state index >= 15 is 0 Å². The van der Waals surface area contributed by atoms with E-state index in [1.54, 1.807) is 0 Å². The number of aliphatic hydroxyl groups excluding tert-OH is 1. The first-order valence-corrected chi connectivity index (χ1v) is 5.74. The van der Waals surface area contributed by atoms with Crippen LogP contribution < -0.4 is 0 Å². The highest BCUT2D eigenvalue weighted by atomic mass is 16.3. The Bertz CT molecular complexity index is 341. The van der Waals surface area contributed by atoms with Gasteiger partial charge < -0.3 is 5.11 Å². The summed E-state index contributed by atoms with van der Waals surface area (Å²) in [5.74, 6) is 1.23. The van der Waals surface area contributed by atoms with Crippen molar-refractivity contribution < 1.29 is 5.11 Å². The van der Waals surface area contributed by atoms with Crippen LogP contribution in [-0.2, 0) is 0 Å². The Hall–Kier alpha value is -0.820. The van der Waals surface area contributed by atoms with Crippen molar-refractivity contribution >= 4 is 0 Å². The van der Waals surface area contributed by atoms with Crippen LogP contribution in [-0.4, -0.2) is 11.7 Å². The topological polar surface area (TPSA) is 20.2 Å². The fraction of sp³-hybridized carbons (Fsp3) is 0.571. The molecule has 1 aliphatic rings. The number of benzene rings is 1. The monoisotopic (exact) mass is 204 g/mol. The first kappa shape index (κ1) is 10.7. The molecule has 0 radical (unpaired) electrons. The second kappa shape index (κ2) is 3.64. The molecule has 1 saturated carbocycles. The minimum absolute atomic E-state index is 0.185. The fourth-order valence-corrected chi connectivity index (χ4v) is 2.51. The van der Waals surface area contributed by atoms with Gasteiger partial charge in [-0.2, -0.15) is 0 Å². The highest BCUT2D eigenvalue weighted by molar-refractivity contribution is 5.26. The smallest absolute Gasteiger partial charge is 0.0487 e. The first-order valence-electron chi connectivity index (χ1n) is 5.74. The molecule has 2 rings (SSSR count). The molecule has 82 valence electrons. The van der Waals surface area contributed by atoms with Crippen LogP contribution in [0.1, 0.15) is 37.3 Å². The van der Waals surface area contributed by atoms with Crippen molar-refractivity contribution in [1.82, 2.24) is 0 Å². The van der Waals surface area contributed by atoms with Crippen molar-refractivity contribution in [2.24, 2.45) is 11.3 Å². The van der Waals surface area contributed by atoms with Crippen molar-refractivity contribution in [1.29, 1.82) is 0 Å². The van der Waals surface area contributed by atoms with E-state index in [1.165, 1.54) is 17.5 Å². The van der Waals surface area contributed by atoms with Gasteiger partial charge in [-0.15, -0.1) is 0 Å². The van der Waals surface area contributed by atoms with Gasteiger partial charge in [-0.3, -0.25) is 0 Å². The summed E-state index contributed by atoms with van der Waals surface area (Å²) in [6.45, 7) is 6.90. The van der Waals surface area contributed by atoms with Gasteiger partial charge in [-0.05, 0) is 36.2 Å². The van der Waals surface area contributed by atoms with E-state index in [-0.39, 0.29) is 5.41 Å². The van der Waals surface area contributed by atoms with Crippen molar-refractivity contribution in [3.8, 4) is 0 Å². The summed E-state index contributed by atoms with van der Waals surface area (Å²) in [4.78, 5) is 0. The number of hydrogen-bond donors (Lipinski definition) is 1. The summed E-state index contributed by atoms with van der Waals surface area (Å²) in [6.07, 6.45) is 1.17. The summed E-state index contributed by atoms with van der Waals surface area (Å²) >= 11 is 0. The molecule has 1 aromatic carbocycles. The van der Waals surface area contributed by atoms with Crippen LogP contribution in [0.3, 0.4) is 0 Å². The molecule has 0 amide bonds. The van der Waals surface area contributed by atoms with Crippen LogP contribution in [0.4, 0.5) is 0 Å². The second-order valence-electron chi connectivity index (χ2n) is 5.32. The van der Waals surface area contributed by atoms with E-state index in [2.05, 4.69) is 45.0 Å². The summed E-state index contributed by atoms with van der Waals surface area (Å²) in [5, 5.41) is 9.28. The zero-order valence-corrected chi connectivity index (χ0v) is 9.83. The minimum Gasteiger partial charge on any atom is -0.396 e. The average molecular weight is 204 g/mol. The van der Waals surface area contributed by atoms with Crippen LogP contribution >= 0.6 is 0 Å². The van der Waals surface area contributed by atoms with Gasteiger partial charge in [0.1, 0.15) is 0 Å². The molecule has 1 aliphatic carbocycles. The zero-order chi connectivity index (χ0) is 11.1. The summed E-state index contributed by atoms with van der Waals surface area (Å²) in [6, 6.07) is 8.78. The van der Waals surface area contributed by atoms with Gasteiger partial charge in [-0.1, -0.05) is 43.7 Å². The molecule has 1 nitrogen and oxygen atoms in total. The van der Waals surface area contributed by atoms with Crippen LogP contribution in [0.2, 0.25) is 0 Å². The van der Waals surface area contributed by atoms with Crippen LogP contribution in [0.25, 0.3) is 0 Å². The Morgan fingerprint density at radius 1 is 1.40 bits per heavy atom. The third-order valence-corrected chi connectivity index (χ3v) is 3.99. The molecule has 1 N–H and O–H groups in total. The second-order valence-corrected chi connectivity index (χ2v) is 5.32. The van der Waals surface area contributed by atoms with Gasteiger partial charge in [0, 0.05) is 6.61 Å². The first-order chi connectivity index (χ1) is 7.07. The number of rotatable bonds is 3. The van der Waals surface area contributed by atoms with E-state index < -0.39 is 0 Å². The normalized spacial score (nSPS) is 31.3. The molecule has 0 aliphatic heterocycles. The summed E-state index contributed by atoms with van der Waals surface area (Å²) < 4.78 is 0. The van der Waals surface area contributed by atoms with Crippen molar-refractivity contribution in [3.05, 3.63) is 35.4 Å². The fourth-order valence-electron chi connectivity index (χ4n) is 2.51. The maximum atomic E-state index is 9.28. The highest BCUT2D eigenvalue weighted by Gasteiger charge is 2.52. The largest absolute Gasteiger partial charge is 0.396 e. The molecule has 0 aromatic heterocycles. The average Bonchev–Trinajstić information content (AvgIpc) is 2.92. The molecule has 1 aromatic rings. The summed E-state index contributed by atoms with van der Waals surface area (Å²) in [5.41, 5.74) is 2.90. The Morgan fingerprint density at radius 2 is 2.00 bits per heavy atom. The van der Waals surface area contributed by atoms with Gasteiger partial charge in [0.15, 0.2) is 0 Å². The molecule has 0 bridgehead atoms. The quantitative estimate of drug-likeness (QED) is 0.802. The maximum Gasteiger partial charge on any atom is 0.0487 e. The van der Waals surface area contributed by atoms with Crippen molar-refractivity contribution in [2.45, 2.75) is 33.1 Å². The van der Waals surface area contributed by atoms with Gasteiger partial charge >= 0.3 is 0 Å². The standard InChI is InChI=1S/C14H20O/c1-10-4-6-12(7-5-10)11(2)13-8-14(13,3)9-15/h4-7,11,13,15H,8-9H2,1-3H3/t11-,13-,14-/m0/s1. The number of aliphatic hydroxyl groups is 1. The molecule has 15 heavy (non-hydrogen) atoms. The highest BCUT2D eigenvalue weighted by Crippen LogP contribution is 2.58.